The van der Waals surface area contributed by atoms with Gasteiger partial charge in [0, 0.05) is 37.4 Å². The molecular weight excluding hydrogens is 395 g/mol. The fourth-order valence-corrected chi connectivity index (χ4v) is 3.48. The minimum absolute atomic E-state index is 0.0685. The summed E-state index contributed by atoms with van der Waals surface area (Å²) in [7, 11) is 2.11. The number of carbonyl (C=O) groups excluding carboxylic acids is 1. The SMILES string of the molecule is CN(CCOc1cccc(CNC(=O)c2cc(Cl)ccc2F)c1)C1CCOCC1. The summed E-state index contributed by atoms with van der Waals surface area (Å²) in [6, 6.07) is 12.0. The number of halogens is 2. The number of hydrogen-bond acceptors (Lipinski definition) is 4. The van der Waals surface area contributed by atoms with E-state index in [1.807, 2.05) is 24.3 Å². The third kappa shape index (κ3) is 6.42. The molecule has 0 saturated carbocycles. The maximum atomic E-state index is 13.8. The lowest BCUT2D eigenvalue weighted by Gasteiger charge is -2.31. The van der Waals surface area contributed by atoms with Crippen molar-refractivity contribution in [2.24, 2.45) is 0 Å². The molecule has 1 N–H and O–H groups in total. The summed E-state index contributed by atoms with van der Waals surface area (Å²) >= 11 is 5.85. The molecule has 0 radical (unpaired) electrons. The Balaban J connectivity index is 1.47. The zero-order chi connectivity index (χ0) is 20.6. The van der Waals surface area contributed by atoms with E-state index < -0.39 is 11.7 Å². The molecule has 29 heavy (non-hydrogen) atoms. The number of rotatable bonds is 8. The van der Waals surface area contributed by atoms with E-state index >= 15 is 0 Å². The second-order valence-electron chi connectivity index (χ2n) is 7.13. The standard InChI is InChI=1S/C22H26ClFN2O3/c1-26(18-7-10-28-11-8-18)9-12-29-19-4-2-3-16(13-19)15-25-22(27)20-14-17(23)5-6-21(20)24/h2-6,13-14,18H,7-12,15H2,1H3,(H,25,27). The Morgan fingerprint density at radius 3 is 2.86 bits per heavy atom. The number of carbonyl (C=O) groups is 1. The van der Waals surface area contributed by atoms with Gasteiger partial charge in [0.2, 0.25) is 0 Å². The first-order valence-electron chi connectivity index (χ1n) is 9.76. The van der Waals surface area contributed by atoms with Crippen molar-refractivity contribution in [3.8, 4) is 5.75 Å². The van der Waals surface area contributed by atoms with E-state index in [-0.39, 0.29) is 12.1 Å². The van der Waals surface area contributed by atoms with Crippen LogP contribution in [0.25, 0.3) is 0 Å². The predicted molar refractivity (Wildman–Crippen MR) is 111 cm³/mol. The number of amides is 1. The molecule has 1 aliphatic rings. The van der Waals surface area contributed by atoms with Crippen LogP contribution < -0.4 is 10.1 Å². The molecule has 2 aromatic carbocycles. The Hall–Kier alpha value is -2.15. The highest BCUT2D eigenvalue weighted by Crippen LogP contribution is 2.17. The number of likely N-dealkylation sites (N-methyl/N-ethyl adjacent to an activating group) is 1. The molecule has 0 bridgehead atoms. The lowest BCUT2D eigenvalue weighted by Crippen LogP contribution is -2.38. The minimum Gasteiger partial charge on any atom is -0.492 e. The molecule has 1 fully saturated rings. The second kappa shape index (κ2) is 10.6. The van der Waals surface area contributed by atoms with Crippen LogP contribution in [0.3, 0.4) is 0 Å². The molecule has 1 saturated heterocycles. The van der Waals surface area contributed by atoms with Gasteiger partial charge < -0.3 is 14.8 Å². The van der Waals surface area contributed by atoms with Gasteiger partial charge in [-0.25, -0.2) is 4.39 Å². The van der Waals surface area contributed by atoms with Crippen molar-refractivity contribution in [2.45, 2.75) is 25.4 Å². The third-order valence-electron chi connectivity index (χ3n) is 5.05. The number of ether oxygens (including phenoxy) is 2. The summed E-state index contributed by atoms with van der Waals surface area (Å²) in [5.41, 5.74) is 0.803. The van der Waals surface area contributed by atoms with Gasteiger partial charge in [0.15, 0.2) is 0 Å². The average molecular weight is 421 g/mol. The van der Waals surface area contributed by atoms with Gasteiger partial charge in [-0.2, -0.15) is 0 Å². The van der Waals surface area contributed by atoms with Crippen molar-refractivity contribution in [1.82, 2.24) is 10.2 Å². The first-order chi connectivity index (χ1) is 14.0. The van der Waals surface area contributed by atoms with Gasteiger partial charge in [-0.3, -0.25) is 9.69 Å². The highest BCUT2D eigenvalue weighted by Gasteiger charge is 2.18. The Morgan fingerprint density at radius 1 is 1.28 bits per heavy atom. The Labute approximate surface area is 175 Å². The Bertz CT molecular complexity index is 827. The smallest absolute Gasteiger partial charge is 0.254 e. The molecule has 0 spiro atoms. The van der Waals surface area contributed by atoms with Crippen LogP contribution in [0.1, 0.15) is 28.8 Å². The molecule has 7 heteroatoms. The molecule has 1 aliphatic heterocycles. The highest BCUT2D eigenvalue weighted by molar-refractivity contribution is 6.31. The van der Waals surface area contributed by atoms with Crippen molar-refractivity contribution in [3.05, 3.63) is 64.4 Å². The normalized spacial score (nSPS) is 14.8. The summed E-state index contributed by atoms with van der Waals surface area (Å²) in [6.07, 6.45) is 2.11. The van der Waals surface area contributed by atoms with Crippen LogP contribution in [0, 0.1) is 5.82 Å². The van der Waals surface area contributed by atoms with Gasteiger partial charge in [0.1, 0.15) is 18.2 Å². The molecule has 0 unspecified atom stereocenters. The van der Waals surface area contributed by atoms with Crippen LogP contribution in [-0.2, 0) is 11.3 Å². The molecule has 1 amide bonds. The quantitative estimate of drug-likeness (QED) is 0.703. The van der Waals surface area contributed by atoms with Crippen LogP contribution in [0.4, 0.5) is 4.39 Å². The molecule has 5 nitrogen and oxygen atoms in total. The van der Waals surface area contributed by atoms with E-state index in [4.69, 9.17) is 21.1 Å². The molecule has 3 rings (SSSR count). The van der Waals surface area contributed by atoms with Crippen LogP contribution in [0.5, 0.6) is 5.75 Å². The van der Waals surface area contributed by atoms with E-state index in [2.05, 4.69) is 17.3 Å². The molecule has 0 aliphatic carbocycles. The van der Waals surface area contributed by atoms with Crippen molar-refractivity contribution < 1.29 is 18.7 Å². The van der Waals surface area contributed by atoms with Gasteiger partial charge in [-0.15, -0.1) is 0 Å². The Morgan fingerprint density at radius 2 is 2.07 bits per heavy atom. The molecule has 0 aromatic heterocycles. The maximum Gasteiger partial charge on any atom is 0.254 e. The predicted octanol–water partition coefficient (Wildman–Crippen LogP) is 3.90. The first-order valence-corrected chi connectivity index (χ1v) is 10.1. The maximum absolute atomic E-state index is 13.8. The Kier molecular flexibility index (Phi) is 7.86. The fourth-order valence-electron chi connectivity index (χ4n) is 3.31. The zero-order valence-electron chi connectivity index (χ0n) is 16.5. The van der Waals surface area contributed by atoms with Crippen molar-refractivity contribution in [2.75, 3.05) is 33.4 Å². The van der Waals surface area contributed by atoms with Crippen molar-refractivity contribution in [3.63, 3.8) is 0 Å². The molecule has 2 aromatic rings. The number of nitrogens with one attached hydrogen (secondary N) is 1. The second-order valence-corrected chi connectivity index (χ2v) is 7.56. The van der Waals surface area contributed by atoms with Gasteiger partial charge >= 0.3 is 0 Å². The van der Waals surface area contributed by atoms with Crippen LogP contribution >= 0.6 is 11.6 Å². The van der Waals surface area contributed by atoms with E-state index in [0.717, 1.165) is 43.9 Å². The number of benzene rings is 2. The van der Waals surface area contributed by atoms with Crippen LogP contribution in [-0.4, -0.2) is 50.3 Å². The van der Waals surface area contributed by atoms with Gasteiger partial charge in [0.25, 0.3) is 5.91 Å². The molecule has 1 heterocycles. The van der Waals surface area contributed by atoms with Crippen LogP contribution in [0.2, 0.25) is 5.02 Å². The fraction of sp³-hybridized carbons (Fsp3) is 0.409. The summed E-state index contributed by atoms with van der Waals surface area (Å²) < 4.78 is 25.1. The molecule has 156 valence electrons. The van der Waals surface area contributed by atoms with E-state index in [9.17, 15) is 9.18 Å². The topological polar surface area (TPSA) is 50.8 Å². The minimum atomic E-state index is -0.599. The van der Waals surface area contributed by atoms with Gasteiger partial charge in [-0.05, 0) is 55.8 Å². The summed E-state index contributed by atoms with van der Waals surface area (Å²) in [6.45, 7) is 3.33. The van der Waals surface area contributed by atoms with Gasteiger partial charge in [0.05, 0.1) is 5.56 Å². The van der Waals surface area contributed by atoms with E-state index in [1.165, 1.54) is 18.2 Å². The van der Waals surface area contributed by atoms with E-state index in [0.29, 0.717) is 17.7 Å². The highest BCUT2D eigenvalue weighted by atomic mass is 35.5. The lowest BCUT2D eigenvalue weighted by molar-refractivity contribution is 0.0392. The summed E-state index contributed by atoms with van der Waals surface area (Å²) in [4.78, 5) is 14.5. The van der Waals surface area contributed by atoms with E-state index in [1.54, 1.807) is 0 Å². The monoisotopic (exact) mass is 420 g/mol. The first kappa shape index (κ1) is 21.6. The third-order valence-corrected chi connectivity index (χ3v) is 5.29. The number of nitrogens with zero attached hydrogens (tertiary/aromatic N) is 1. The zero-order valence-corrected chi connectivity index (χ0v) is 17.3. The average Bonchev–Trinajstić information content (AvgIpc) is 2.74. The van der Waals surface area contributed by atoms with Gasteiger partial charge in [-0.1, -0.05) is 23.7 Å². The van der Waals surface area contributed by atoms with Crippen molar-refractivity contribution >= 4 is 17.5 Å². The lowest BCUT2D eigenvalue weighted by atomic mass is 10.1. The molecular formula is C22H26ClFN2O3. The summed E-state index contributed by atoms with van der Waals surface area (Å²) in [5.74, 6) is -0.363. The summed E-state index contributed by atoms with van der Waals surface area (Å²) in [5, 5.41) is 3.03. The van der Waals surface area contributed by atoms with Crippen molar-refractivity contribution in [1.29, 1.82) is 0 Å². The van der Waals surface area contributed by atoms with Crippen LogP contribution in [0.15, 0.2) is 42.5 Å². The molecule has 0 atom stereocenters. The number of hydrogen-bond donors (Lipinski definition) is 1. The largest absolute Gasteiger partial charge is 0.492 e.